The Balaban J connectivity index is 1.52. The number of nitrogens with zero attached hydrogens (tertiary/aromatic N) is 3. The van der Waals surface area contributed by atoms with Crippen LogP contribution in [0.4, 0.5) is 0 Å². The third kappa shape index (κ3) is 5.11. The van der Waals surface area contributed by atoms with Crippen molar-refractivity contribution in [3.63, 3.8) is 0 Å². The molecule has 0 saturated carbocycles. The lowest BCUT2D eigenvalue weighted by molar-refractivity contribution is 0.0943. The number of rotatable bonds is 8. The average molecular weight is 447 g/mol. The van der Waals surface area contributed by atoms with Gasteiger partial charge in [-0.2, -0.15) is 0 Å². The van der Waals surface area contributed by atoms with Crippen molar-refractivity contribution in [2.75, 3.05) is 7.11 Å². The number of imidazole rings is 1. The Bertz CT molecular complexity index is 1200. The lowest BCUT2D eigenvalue weighted by Crippen LogP contribution is -2.29. The van der Waals surface area contributed by atoms with Gasteiger partial charge in [-0.05, 0) is 61.4 Å². The number of amides is 1. The van der Waals surface area contributed by atoms with E-state index < -0.39 is 0 Å². The van der Waals surface area contributed by atoms with Crippen molar-refractivity contribution in [1.29, 1.82) is 0 Å². The Kier molecular flexibility index (Phi) is 6.75. The standard InChI is InChI=1S/C25H26N4O2S/c1-17(2)27-24(30)20-10-6-19(7-11-20)16-32-25-28-22-5-4-14-26-23(22)29(25)15-18-8-12-21(31-3)13-9-18/h4-14,17H,15-16H2,1-3H3,(H,27,30). The molecule has 6 nitrogen and oxygen atoms in total. The number of ether oxygens (including phenoxy) is 1. The summed E-state index contributed by atoms with van der Waals surface area (Å²) in [6.45, 7) is 4.58. The molecule has 1 amide bonds. The van der Waals surface area contributed by atoms with Crippen LogP contribution < -0.4 is 10.1 Å². The fourth-order valence-corrected chi connectivity index (χ4v) is 4.31. The summed E-state index contributed by atoms with van der Waals surface area (Å²) >= 11 is 1.66. The van der Waals surface area contributed by atoms with Gasteiger partial charge < -0.3 is 10.1 Å². The van der Waals surface area contributed by atoms with E-state index in [1.165, 1.54) is 0 Å². The Hall–Kier alpha value is -3.32. The number of pyridine rings is 1. The van der Waals surface area contributed by atoms with E-state index in [2.05, 4.69) is 27.0 Å². The molecule has 1 N–H and O–H groups in total. The van der Waals surface area contributed by atoms with Gasteiger partial charge in [-0.3, -0.25) is 9.36 Å². The highest BCUT2D eigenvalue weighted by molar-refractivity contribution is 7.98. The lowest BCUT2D eigenvalue weighted by atomic mass is 10.1. The minimum absolute atomic E-state index is 0.0495. The van der Waals surface area contributed by atoms with Gasteiger partial charge in [0.05, 0.1) is 13.7 Å². The molecule has 7 heteroatoms. The second-order valence-electron chi connectivity index (χ2n) is 7.79. The average Bonchev–Trinajstić information content (AvgIpc) is 3.15. The van der Waals surface area contributed by atoms with Gasteiger partial charge in [-0.25, -0.2) is 9.97 Å². The number of carbonyl (C=O) groups is 1. The van der Waals surface area contributed by atoms with Crippen molar-refractivity contribution < 1.29 is 9.53 Å². The number of thioether (sulfide) groups is 1. The first-order valence-corrected chi connectivity index (χ1v) is 11.5. The van der Waals surface area contributed by atoms with E-state index in [1.54, 1.807) is 25.1 Å². The predicted octanol–water partition coefficient (Wildman–Crippen LogP) is 4.92. The van der Waals surface area contributed by atoms with Gasteiger partial charge in [0.15, 0.2) is 10.8 Å². The zero-order valence-corrected chi connectivity index (χ0v) is 19.2. The van der Waals surface area contributed by atoms with Crippen LogP contribution in [-0.2, 0) is 12.3 Å². The highest BCUT2D eigenvalue weighted by Gasteiger charge is 2.13. The van der Waals surface area contributed by atoms with Crippen LogP contribution in [0.25, 0.3) is 11.2 Å². The van der Waals surface area contributed by atoms with E-state index in [4.69, 9.17) is 9.72 Å². The van der Waals surface area contributed by atoms with Gasteiger partial charge in [0, 0.05) is 23.6 Å². The van der Waals surface area contributed by atoms with E-state index in [0.717, 1.165) is 38.9 Å². The SMILES string of the molecule is COc1ccc(Cn2c(SCc3ccc(C(=O)NC(C)C)cc3)nc3cccnc32)cc1. The number of hydrogen-bond acceptors (Lipinski definition) is 5. The zero-order valence-electron chi connectivity index (χ0n) is 18.4. The molecule has 0 atom stereocenters. The molecule has 2 aromatic carbocycles. The van der Waals surface area contributed by atoms with Gasteiger partial charge in [0.1, 0.15) is 11.3 Å². The van der Waals surface area contributed by atoms with Crippen molar-refractivity contribution in [2.45, 2.75) is 37.3 Å². The molecule has 0 aliphatic carbocycles. The van der Waals surface area contributed by atoms with Crippen molar-refractivity contribution in [1.82, 2.24) is 19.9 Å². The molecule has 164 valence electrons. The van der Waals surface area contributed by atoms with Gasteiger partial charge in [-0.15, -0.1) is 0 Å². The Morgan fingerprint density at radius 2 is 1.78 bits per heavy atom. The van der Waals surface area contributed by atoms with Crippen molar-refractivity contribution >= 4 is 28.8 Å². The van der Waals surface area contributed by atoms with Crippen LogP contribution in [0, 0.1) is 0 Å². The molecule has 0 aliphatic heterocycles. The summed E-state index contributed by atoms with van der Waals surface area (Å²) < 4.78 is 7.41. The zero-order chi connectivity index (χ0) is 22.5. The number of aromatic nitrogens is 3. The summed E-state index contributed by atoms with van der Waals surface area (Å²) in [6, 6.07) is 19.8. The summed E-state index contributed by atoms with van der Waals surface area (Å²) in [6.07, 6.45) is 1.80. The molecule has 0 saturated heterocycles. The largest absolute Gasteiger partial charge is 0.497 e. The van der Waals surface area contributed by atoms with Crippen LogP contribution in [0.3, 0.4) is 0 Å². The lowest BCUT2D eigenvalue weighted by Gasteiger charge is -2.10. The fourth-order valence-electron chi connectivity index (χ4n) is 3.35. The van der Waals surface area contributed by atoms with Crippen LogP contribution in [0.5, 0.6) is 5.75 Å². The van der Waals surface area contributed by atoms with Gasteiger partial charge in [0.25, 0.3) is 5.91 Å². The molecular weight excluding hydrogens is 420 g/mol. The smallest absolute Gasteiger partial charge is 0.251 e. The maximum Gasteiger partial charge on any atom is 0.251 e. The summed E-state index contributed by atoms with van der Waals surface area (Å²) in [5.41, 5.74) is 4.70. The molecule has 0 bridgehead atoms. The van der Waals surface area contributed by atoms with Gasteiger partial charge >= 0.3 is 0 Å². The number of hydrogen-bond donors (Lipinski definition) is 1. The van der Waals surface area contributed by atoms with Gasteiger partial charge in [0.2, 0.25) is 0 Å². The van der Waals surface area contributed by atoms with E-state index in [0.29, 0.717) is 12.1 Å². The highest BCUT2D eigenvalue weighted by atomic mass is 32.2. The Morgan fingerprint density at radius 1 is 1.06 bits per heavy atom. The van der Waals surface area contributed by atoms with Crippen molar-refractivity contribution in [3.8, 4) is 5.75 Å². The summed E-state index contributed by atoms with van der Waals surface area (Å²) in [7, 11) is 1.67. The van der Waals surface area contributed by atoms with E-state index >= 15 is 0 Å². The summed E-state index contributed by atoms with van der Waals surface area (Å²) in [5.74, 6) is 1.53. The monoisotopic (exact) mass is 446 g/mol. The van der Waals surface area contributed by atoms with Crippen LogP contribution >= 0.6 is 11.8 Å². The Morgan fingerprint density at radius 3 is 2.47 bits per heavy atom. The van der Waals surface area contributed by atoms with Crippen molar-refractivity contribution in [3.05, 3.63) is 83.6 Å². The molecule has 2 heterocycles. The molecule has 32 heavy (non-hydrogen) atoms. The molecule has 4 rings (SSSR count). The van der Waals surface area contributed by atoms with Crippen LogP contribution in [0.15, 0.2) is 72.0 Å². The second-order valence-corrected chi connectivity index (χ2v) is 8.73. The molecule has 0 radical (unpaired) electrons. The molecule has 2 aromatic heterocycles. The summed E-state index contributed by atoms with van der Waals surface area (Å²) in [5, 5.41) is 3.83. The first kappa shape index (κ1) is 21.9. The first-order valence-electron chi connectivity index (χ1n) is 10.5. The fraction of sp³-hybridized carbons (Fsp3) is 0.240. The molecular formula is C25H26N4O2S. The molecule has 0 unspecified atom stereocenters. The quantitative estimate of drug-likeness (QED) is 0.389. The minimum Gasteiger partial charge on any atom is -0.497 e. The molecule has 4 aromatic rings. The van der Waals surface area contributed by atoms with Crippen LogP contribution in [0.1, 0.15) is 35.3 Å². The Labute approximate surface area is 192 Å². The van der Waals surface area contributed by atoms with Crippen molar-refractivity contribution in [2.24, 2.45) is 0 Å². The van der Waals surface area contributed by atoms with Crippen LogP contribution in [0.2, 0.25) is 0 Å². The third-order valence-corrected chi connectivity index (χ3v) is 6.02. The molecule has 0 fully saturated rings. The topological polar surface area (TPSA) is 69.0 Å². The van der Waals surface area contributed by atoms with Crippen LogP contribution in [-0.4, -0.2) is 33.6 Å². The number of fused-ring (bicyclic) bond motifs is 1. The number of methoxy groups -OCH3 is 1. The molecule has 0 aliphatic rings. The normalized spacial score (nSPS) is 11.1. The second kappa shape index (κ2) is 9.87. The predicted molar refractivity (Wildman–Crippen MR) is 128 cm³/mol. The maximum absolute atomic E-state index is 12.2. The number of carbonyl (C=O) groups excluding carboxylic acids is 1. The van der Waals surface area contributed by atoms with Gasteiger partial charge in [-0.1, -0.05) is 36.0 Å². The first-order chi connectivity index (χ1) is 15.5. The van der Waals surface area contributed by atoms with E-state index in [1.807, 2.05) is 62.4 Å². The summed E-state index contributed by atoms with van der Waals surface area (Å²) in [4.78, 5) is 21.5. The maximum atomic E-state index is 12.2. The highest BCUT2D eigenvalue weighted by Crippen LogP contribution is 2.27. The van der Waals surface area contributed by atoms with E-state index in [-0.39, 0.29) is 11.9 Å². The van der Waals surface area contributed by atoms with E-state index in [9.17, 15) is 4.79 Å². The minimum atomic E-state index is -0.0495. The molecule has 0 spiro atoms. The third-order valence-electron chi connectivity index (χ3n) is 4.97. The number of benzene rings is 2. The number of nitrogens with one attached hydrogen (secondary N) is 1.